The first-order valence-corrected chi connectivity index (χ1v) is 5.15. The number of ketones is 1. The van der Waals surface area contributed by atoms with Gasteiger partial charge in [-0.2, -0.15) is 0 Å². The predicted octanol–water partition coefficient (Wildman–Crippen LogP) is 3.45. The number of rotatable bonds is 1. The molecule has 0 radical (unpaired) electrons. The van der Waals surface area contributed by atoms with Crippen LogP contribution in [0.15, 0.2) is 12.1 Å². The summed E-state index contributed by atoms with van der Waals surface area (Å²) in [6.45, 7) is 0. The Hall–Kier alpha value is -0.960. The first-order chi connectivity index (χ1) is 7.11. The number of Topliss-reactive ketones (excluding diaryl/α,β-unsaturated/α-hetero) is 1. The zero-order valence-electron chi connectivity index (χ0n) is 7.90. The van der Waals surface area contributed by atoms with E-state index in [1.165, 1.54) is 6.07 Å². The summed E-state index contributed by atoms with van der Waals surface area (Å²) in [4.78, 5) is 11.4. The smallest absolute Gasteiger partial charge is 0.164 e. The number of benzene rings is 1. The first kappa shape index (κ1) is 10.6. The second-order valence-electron chi connectivity index (χ2n) is 3.67. The van der Waals surface area contributed by atoms with Crippen LogP contribution in [0, 0.1) is 11.6 Å². The van der Waals surface area contributed by atoms with Crippen LogP contribution in [0.5, 0.6) is 0 Å². The topological polar surface area (TPSA) is 17.1 Å². The van der Waals surface area contributed by atoms with Crippen molar-refractivity contribution in [1.29, 1.82) is 0 Å². The number of hydrogen-bond acceptors (Lipinski definition) is 1. The van der Waals surface area contributed by atoms with Crippen molar-refractivity contribution < 1.29 is 13.6 Å². The van der Waals surface area contributed by atoms with E-state index in [1.807, 2.05) is 0 Å². The van der Waals surface area contributed by atoms with Crippen molar-refractivity contribution >= 4 is 17.4 Å². The van der Waals surface area contributed by atoms with Crippen LogP contribution in [-0.2, 0) is 4.79 Å². The third-order valence-electron chi connectivity index (χ3n) is 2.73. The van der Waals surface area contributed by atoms with Crippen molar-refractivity contribution in [2.45, 2.75) is 25.2 Å². The van der Waals surface area contributed by atoms with E-state index in [-0.39, 0.29) is 16.4 Å². The molecule has 0 saturated heterocycles. The van der Waals surface area contributed by atoms with E-state index in [1.54, 1.807) is 0 Å². The van der Waals surface area contributed by atoms with Gasteiger partial charge in [0.1, 0.15) is 5.78 Å². The van der Waals surface area contributed by atoms with Gasteiger partial charge in [0.15, 0.2) is 11.6 Å². The number of hydrogen-bond donors (Lipinski definition) is 0. The Morgan fingerprint density at radius 2 is 2.07 bits per heavy atom. The van der Waals surface area contributed by atoms with Gasteiger partial charge in [0.25, 0.3) is 0 Å². The molecule has 1 nitrogen and oxygen atoms in total. The Balaban J connectivity index is 2.51. The average Bonchev–Trinajstić information content (AvgIpc) is 2.60. The van der Waals surface area contributed by atoms with Gasteiger partial charge in [-0.3, -0.25) is 4.79 Å². The zero-order chi connectivity index (χ0) is 11.0. The maximum absolute atomic E-state index is 13.5. The number of carbonyl (C=O) groups is 1. The molecule has 4 heteroatoms. The minimum absolute atomic E-state index is 0.0270. The monoisotopic (exact) mass is 230 g/mol. The van der Waals surface area contributed by atoms with Crippen molar-refractivity contribution in [3.8, 4) is 0 Å². The first-order valence-electron chi connectivity index (χ1n) is 4.77. The van der Waals surface area contributed by atoms with E-state index < -0.39 is 17.6 Å². The van der Waals surface area contributed by atoms with Gasteiger partial charge >= 0.3 is 0 Å². The average molecular weight is 231 g/mol. The second kappa shape index (κ2) is 3.89. The normalized spacial score (nSPS) is 21.0. The van der Waals surface area contributed by atoms with E-state index in [4.69, 9.17) is 11.6 Å². The van der Waals surface area contributed by atoms with Crippen LogP contribution < -0.4 is 0 Å². The Morgan fingerprint density at radius 1 is 1.33 bits per heavy atom. The molecular formula is C11H9ClF2O. The molecule has 1 aromatic carbocycles. The van der Waals surface area contributed by atoms with Gasteiger partial charge in [0.2, 0.25) is 0 Å². The molecule has 1 aliphatic carbocycles. The highest BCUT2D eigenvalue weighted by atomic mass is 35.5. The van der Waals surface area contributed by atoms with Gasteiger partial charge < -0.3 is 0 Å². The van der Waals surface area contributed by atoms with E-state index in [0.717, 1.165) is 12.5 Å². The zero-order valence-corrected chi connectivity index (χ0v) is 8.65. The van der Waals surface area contributed by atoms with Crippen molar-refractivity contribution in [2.75, 3.05) is 0 Å². The molecule has 1 fully saturated rings. The molecule has 0 heterocycles. The molecule has 0 spiro atoms. The molecule has 0 bridgehead atoms. The van der Waals surface area contributed by atoms with E-state index in [9.17, 15) is 13.6 Å². The van der Waals surface area contributed by atoms with E-state index in [2.05, 4.69) is 0 Å². The van der Waals surface area contributed by atoms with Crippen LogP contribution in [0.25, 0.3) is 0 Å². The largest absolute Gasteiger partial charge is 0.299 e. The van der Waals surface area contributed by atoms with Crippen molar-refractivity contribution in [3.05, 3.63) is 34.4 Å². The van der Waals surface area contributed by atoms with E-state index >= 15 is 0 Å². The summed E-state index contributed by atoms with van der Waals surface area (Å²) < 4.78 is 26.5. The molecule has 1 atom stereocenters. The van der Waals surface area contributed by atoms with Gasteiger partial charge in [0, 0.05) is 22.9 Å². The Morgan fingerprint density at radius 3 is 2.67 bits per heavy atom. The van der Waals surface area contributed by atoms with E-state index in [0.29, 0.717) is 12.8 Å². The molecule has 80 valence electrons. The Labute approximate surface area is 91.0 Å². The molecule has 15 heavy (non-hydrogen) atoms. The fraction of sp³-hybridized carbons (Fsp3) is 0.364. The summed E-state index contributed by atoms with van der Waals surface area (Å²) >= 11 is 5.79. The van der Waals surface area contributed by atoms with Gasteiger partial charge in [-0.15, -0.1) is 0 Å². The molecular weight excluding hydrogens is 222 g/mol. The summed E-state index contributed by atoms with van der Waals surface area (Å²) in [7, 11) is 0. The van der Waals surface area contributed by atoms with Crippen LogP contribution in [0.4, 0.5) is 8.78 Å². The second-order valence-corrected chi connectivity index (χ2v) is 4.08. The lowest BCUT2D eigenvalue weighted by Crippen LogP contribution is -2.08. The lowest BCUT2D eigenvalue weighted by atomic mass is 9.96. The summed E-state index contributed by atoms with van der Waals surface area (Å²) in [5, 5.41) is 0.133. The molecule has 1 aromatic rings. The highest BCUT2D eigenvalue weighted by Crippen LogP contribution is 2.37. The van der Waals surface area contributed by atoms with Crippen molar-refractivity contribution in [1.82, 2.24) is 0 Å². The minimum Gasteiger partial charge on any atom is -0.299 e. The summed E-state index contributed by atoms with van der Waals surface area (Å²) in [6, 6.07) is 2.27. The van der Waals surface area contributed by atoms with Gasteiger partial charge in [0.05, 0.1) is 0 Å². The SMILES string of the molecule is O=C1CCCC1c1c(Cl)ccc(F)c1F. The Kier molecular flexibility index (Phi) is 2.74. The summed E-state index contributed by atoms with van der Waals surface area (Å²) in [5.41, 5.74) is 0.0270. The fourth-order valence-electron chi connectivity index (χ4n) is 1.98. The van der Waals surface area contributed by atoms with Crippen LogP contribution >= 0.6 is 11.6 Å². The number of halogens is 3. The van der Waals surface area contributed by atoms with Crippen molar-refractivity contribution in [2.24, 2.45) is 0 Å². The highest BCUT2D eigenvalue weighted by molar-refractivity contribution is 6.31. The van der Waals surface area contributed by atoms with Crippen LogP contribution in [0.2, 0.25) is 5.02 Å². The molecule has 0 aliphatic heterocycles. The molecule has 2 rings (SSSR count). The summed E-state index contributed by atoms with van der Waals surface area (Å²) in [5.74, 6) is -2.55. The molecule has 1 saturated carbocycles. The van der Waals surface area contributed by atoms with Crippen LogP contribution in [0.1, 0.15) is 30.7 Å². The van der Waals surface area contributed by atoms with Gasteiger partial charge in [-0.25, -0.2) is 8.78 Å². The summed E-state index contributed by atoms with van der Waals surface area (Å²) in [6.07, 6.45) is 1.70. The van der Waals surface area contributed by atoms with Gasteiger partial charge in [-0.1, -0.05) is 11.6 Å². The molecule has 0 aromatic heterocycles. The van der Waals surface area contributed by atoms with Crippen molar-refractivity contribution in [3.63, 3.8) is 0 Å². The lowest BCUT2D eigenvalue weighted by molar-refractivity contribution is -0.118. The minimum atomic E-state index is -0.984. The lowest BCUT2D eigenvalue weighted by Gasteiger charge is -2.11. The maximum Gasteiger partial charge on any atom is 0.164 e. The third kappa shape index (κ3) is 1.76. The fourth-order valence-corrected chi connectivity index (χ4v) is 2.26. The maximum atomic E-state index is 13.5. The molecule has 0 amide bonds. The highest BCUT2D eigenvalue weighted by Gasteiger charge is 2.31. The molecule has 0 N–H and O–H groups in total. The van der Waals surface area contributed by atoms with Gasteiger partial charge in [-0.05, 0) is 25.0 Å². The standard InChI is InChI=1S/C11H9ClF2O/c12-7-4-5-8(13)11(14)10(7)6-2-1-3-9(6)15/h4-6H,1-3H2. The molecule has 1 aliphatic rings. The third-order valence-corrected chi connectivity index (χ3v) is 3.06. The predicted molar refractivity (Wildman–Crippen MR) is 53.0 cm³/mol. The Bertz CT molecular complexity index is 417. The quantitative estimate of drug-likeness (QED) is 0.676. The van der Waals surface area contributed by atoms with Crippen LogP contribution in [-0.4, -0.2) is 5.78 Å². The van der Waals surface area contributed by atoms with Crippen LogP contribution in [0.3, 0.4) is 0 Å². The molecule has 1 unspecified atom stereocenters. The number of carbonyl (C=O) groups excluding carboxylic acids is 1.